The molecule has 0 spiro atoms. The maximum atomic E-state index is 12.1. The van der Waals surface area contributed by atoms with Crippen LogP contribution in [0.3, 0.4) is 0 Å². The van der Waals surface area contributed by atoms with E-state index in [-0.39, 0.29) is 29.4 Å². The molecule has 0 radical (unpaired) electrons. The molecule has 1 aliphatic heterocycles. The number of nitrogens with one attached hydrogen (secondary N) is 1. The number of amides is 2. The zero-order valence-electron chi connectivity index (χ0n) is 13.3. The SMILES string of the molecule is CC(C)c1ccc([C@@H]2C[C@H]2NC(=O)C[C@H]2SC(N)=NC2=O)cc1. The molecule has 3 N–H and O–H groups in total. The summed E-state index contributed by atoms with van der Waals surface area (Å²) in [5, 5.41) is 2.80. The fraction of sp³-hybridized carbons (Fsp3) is 0.471. The Morgan fingerprint density at radius 2 is 2.09 bits per heavy atom. The van der Waals surface area contributed by atoms with E-state index in [1.807, 2.05) is 0 Å². The first-order valence-corrected chi connectivity index (χ1v) is 8.76. The van der Waals surface area contributed by atoms with E-state index < -0.39 is 5.25 Å². The normalized spacial score (nSPS) is 26.3. The van der Waals surface area contributed by atoms with Gasteiger partial charge in [0.15, 0.2) is 5.17 Å². The highest BCUT2D eigenvalue weighted by Crippen LogP contribution is 2.41. The van der Waals surface area contributed by atoms with E-state index in [0.717, 1.165) is 6.42 Å². The summed E-state index contributed by atoms with van der Waals surface area (Å²) in [7, 11) is 0. The van der Waals surface area contributed by atoms with E-state index in [1.54, 1.807) is 0 Å². The quantitative estimate of drug-likeness (QED) is 0.865. The lowest BCUT2D eigenvalue weighted by molar-refractivity contribution is -0.124. The van der Waals surface area contributed by atoms with Crippen molar-refractivity contribution in [3.8, 4) is 0 Å². The van der Waals surface area contributed by atoms with E-state index in [0.29, 0.717) is 11.8 Å². The Kier molecular flexibility index (Phi) is 4.43. The molecule has 1 aromatic carbocycles. The average Bonchev–Trinajstić information content (AvgIpc) is 3.18. The average molecular weight is 331 g/mol. The summed E-state index contributed by atoms with van der Waals surface area (Å²) in [6, 6.07) is 8.79. The van der Waals surface area contributed by atoms with Gasteiger partial charge in [0, 0.05) is 18.4 Å². The standard InChI is InChI=1S/C17H21N3O2S/c1-9(2)10-3-5-11(6-4-10)12-7-13(12)19-15(21)8-14-16(22)20-17(18)23-14/h3-6,9,12-14H,7-8H2,1-2H3,(H,19,21)(H2,18,20,22)/t12-,13+,14+/m0/s1. The van der Waals surface area contributed by atoms with E-state index in [4.69, 9.17) is 5.73 Å². The molecule has 6 heteroatoms. The molecular weight excluding hydrogens is 310 g/mol. The molecule has 2 aliphatic rings. The molecule has 1 fully saturated rings. The molecule has 5 nitrogen and oxygen atoms in total. The van der Waals surface area contributed by atoms with Crippen molar-refractivity contribution in [3.63, 3.8) is 0 Å². The first-order valence-electron chi connectivity index (χ1n) is 7.88. The molecule has 1 heterocycles. The van der Waals surface area contributed by atoms with Crippen LogP contribution in [-0.2, 0) is 9.59 Å². The van der Waals surface area contributed by atoms with Crippen LogP contribution in [0.4, 0.5) is 0 Å². The van der Waals surface area contributed by atoms with E-state index in [2.05, 4.69) is 48.4 Å². The molecule has 3 rings (SSSR count). The third-order valence-electron chi connectivity index (χ3n) is 4.30. The Hall–Kier alpha value is -1.82. The fourth-order valence-corrected chi connectivity index (χ4v) is 3.64. The van der Waals surface area contributed by atoms with Gasteiger partial charge in [-0.15, -0.1) is 0 Å². The smallest absolute Gasteiger partial charge is 0.262 e. The number of carbonyl (C=O) groups is 2. The van der Waals surface area contributed by atoms with Crippen LogP contribution >= 0.6 is 11.8 Å². The fourth-order valence-electron chi connectivity index (χ4n) is 2.82. The molecule has 0 aromatic heterocycles. The van der Waals surface area contributed by atoms with Crippen molar-refractivity contribution in [1.82, 2.24) is 5.32 Å². The first kappa shape index (κ1) is 16.1. The van der Waals surface area contributed by atoms with E-state index in [9.17, 15) is 9.59 Å². The minimum Gasteiger partial charge on any atom is -0.378 e. The largest absolute Gasteiger partial charge is 0.378 e. The second-order valence-corrected chi connectivity index (χ2v) is 7.66. The van der Waals surface area contributed by atoms with Gasteiger partial charge in [0.1, 0.15) is 5.25 Å². The molecule has 0 bridgehead atoms. The summed E-state index contributed by atoms with van der Waals surface area (Å²) in [6.07, 6.45) is 1.10. The molecule has 0 unspecified atom stereocenters. The zero-order valence-corrected chi connectivity index (χ0v) is 14.1. The monoisotopic (exact) mass is 331 g/mol. The van der Waals surface area contributed by atoms with Gasteiger partial charge in [-0.05, 0) is 23.5 Å². The van der Waals surface area contributed by atoms with Gasteiger partial charge in [-0.3, -0.25) is 9.59 Å². The van der Waals surface area contributed by atoms with Gasteiger partial charge in [0.2, 0.25) is 5.91 Å². The predicted molar refractivity (Wildman–Crippen MR) is 92.4 cm³/mol. The van der Waals surface area contributed by atoms with Gasteiger partial charge in [0.05, 0.1) is 0 Å². The number of aliphatic imine (C=N–C) groups is 1. The van der Waals surface area contributed by atoms with Crippen LogP contribution in [0.5, 0.6) is 0 Å². The summed E-state index contributed by atoms with van der Waals surface area (Å²) in [5.41, 5.74) is 8.08. The van der Waals surface area contributed by atoms with Crippen molar-refractivity contribution < 1.29 is 9.59 Å². The van der Waals surface area contributed by atoms with Crippen LogP contribution in [0.25, 0.3) is 0 Å². The molecule has 122 valence electrons. The number of carbonyl (C=O) groups excluding carboxylic acids is 2. The van der Waals surface area contributed by atoms with Gasteiger partial charge < -0.3 is 11.1 Å². The number of rotatable bonds is 5. The maximum Gasteiger partial charge on any atom is 0.262 e. The lowest BCUT2D eigenvalue weighted by Crippen LogP contribution is -2.30. The second kappa shape index (κ2) is 6.35. The maximum absolute atomic E-state index is 12.1. The highest BCUT2D eigenvalue weighted by Gasteiger charge is 2.40. The Morgan fingerprint density at radius 1 is 1.39 bits per heavy atom. The zero-order chi connectivity index (χ0) is 16.6. The topological polar surface area (TPSA) is 84.6 Å². The third kappa shape index (κ3) is 3.75. The van der Waals surface area contributed by atoms with Crippen LogP contribution in [0.2, 0.25) is 0 Å². The number of benzene rings is 1. The van der Waals surface area contributed by atoms with Crippen molar-refractivity contribution in [2.24, 2.45) is 10.7 Å². The van der Waals surface area contributed by atoms with Gasteiger partial charge in [0.25, 0.3) is 5.91 Å². The summed E-state index contributed by atoms with van der Waals surface area (Å²) < 4.78 is 0. The van der Waals surface area contributed by atoms with Crippen molar-refractivity contribution in [3.05, 3.63) is 35.4 Å². The van der Waals surface area contributed by atoms with Crippen LogP contribution in [0.15, 0.2) is 29.3 Å². The molecule has 23 heavy (non-hydrogen) atoms. The van der Waals surface area contributed by atoms with Crippen LogP contribution in [-0.4, -0.2) is 28.3 Å². The third-order valence-corrected chi connectivity index (χ3v) is 5.28. The molecule has 0 saturated heterocycles. The van der Waals surface area contributed by atoms with Gasteiger partial charge in [-0.2, -0.15) is 4.99 Å². The first-order chi connectivity index (χ1) is 10.9. The molecular formula is C17H21N3O2S. The van der Waals surface area contributed by atoms with Crippen LogP contribution in [0, 0.1) is 0 Å². The number of hydrogen-bond acceptors (Lipinski definition) is 4. The second-order valence-electron chi connectivity index (χ2n) is 6.44. The number of thioether (sulfide) groups is 1. The van der Waals surface area contributed by atoms with Gasteiger partial charge in [-0.1, -0.05) is 49.9 Å². The number of hydrogen-bond donors (Lipinski definition) is 2. The predicted octanol–water partition coefficient (Wildman–Crippen LogP) is 2.13. The van der Waals surface area contributed by atoms with E-state index in [1.165, 1.54) is 22.9 Å². The number of nitrogens with two attached hydrogens (primary N) is 1. The van der Waals surface area contributed by atoms with Gasteiger partial charge in [-0.25, -0.2) is 0 Å². The summed E-state index contributed by atoms with van der Waals surface area (Å²) in [5.74, 6) is 0.495. The summed E-state index contributed by atoms with van der Waals surface area (Å²) in [6.45, 7) is 4.35. The Labute approximate surface area is 140 Å². The highest BCUT2D eigenvalue weighted by atomic mass is 32.2. The Morgan fingerprint density at radius 3 is 2.65 bits per heavy atom. The molecule has 1 aromatic rings. The Bertz CT molecular complexity index is 654. The van der Waals surface area contributed by atoms with Crippen LogP contribution < -0.4 is 11.1 Å². The summed E-state index contributed by atoms with van der Waals surface area (Å²) in [4.78, 5) is 27.2. The highest BCUT2D eigenvalue weighted by molar-refractivity contribution is 8.15. The lowest BCUT2D eigenvalue weighted by Gasteiger charge is -2.09. The van der Waals surface area contributed by atoms with Crippen molar-refractivity contribution in [2.45, 2.75) is 49.8 Å². The summed E-state index contributed by atoms with van der Waals surface area (Å²) >= 11 is 1.17. The van der Waals surface area contributed by atoms with Crippen molar-refractivity contribution in [2.75, 3.05) is 0 Å². The molecule has 1 aliphatic carbocycles. The van der Waals surface area contributed by atoms with E-state index >= 15 is 0 Å². The molecule has 1 saturated carbocycles. The minimum absolute atomic E-state index is 0.105. The van der Waals surface area contributed by atoms with Crippen LogP contribution in [0.1, 0.15) is 49.7 Å². The Balaban J connectivity index is 1.49. The van der Waals surface area contributed by atoms with Gasteiger partial charge >= 0.3 is 0 Å². The number of nitrogens with zero attached hydrogens (tertiary/aromatic N) is 1. The minimum atomic E-state index is -0.461. The van der Waals surface area contributed by atoms with Crippen molar-refractivity contribution >= 4 is 28.7 Å². The lowest BCUT2D eigenvalue weighted by atomic mass is 10.0. The molecule has 2 amide bonds. The molecule has 3 atom stereocenters. The van der Waals surface area contributed by atoms with Crippen molar-refractivity contribution in [1.29, 1.82) is 0 Å². The number of amidine groups is 1.